The first kappa shape index (κ1) is 12.2. The number of rotatable bonds is 4. The van der Waals surface area contributed by atoms with Gasteiger partial charge in [0.2, 0.25) is 0 Å². The van der Waals surface area contributed by atoms with E-state index in [0.717, 1.165) is 18.0 Å². The second kappa shape index (κ2) is 5.91. The molecule has 0 spiro atoms. The lowest BCUT2D eigenvalue weighted by Gasteiger charge is -2.22. The molecule has 2 rings (SSSR count). The molecule has 3 N–H and O–H groups in total. The van der Waals surface area contributed by atoms with Crippen molar-refractivity contribution in [2.75, 3.05) is 11.9 Å². The second-order valence-electron chi connectivity index (χ2n) is 4.54. The van der Waals surface area contributed by atoms with E-state index in [0.29, 0.717) is 10.8 Å². The highest BCUT2D eigenvalue weighted by atomic mass is 32.1. The van der Waals surface area contributed by atoms with Crippen LogP contribution in [0.2, 0.25) is 0 Å². The Bertz CT molecular complexity index is 388. The van der Waals surface area contributed by atoms with E-state index in [4.69, 9.17) is 18.0 Å². The highest BCUT2D eigenvalue weighted by Crippen LogP contribution is 2.24. The van der Waals surface area contributed by atoms with E-state index in [1.165, 1.54) is 32.1 Å². The van der Waals surface area contributed by atoms with Gasteiger partial charge in [0.25, 0.3) is 0 Å². The largest absolute Gasteiger partial charge is 0.389 e. The van der Waals surface area contributed by atoms with Crippen LogP contribution in [0.1, 0.15) is 37.7 Å². The zero-order valence-electron chi connectivity index (χ0n) is 9.85. The third-order valence-corrected chi connectivity index (χ3v) is 3.49. The molecule has 0 bridgehead atoms. The summed E-state index contributed by atoms with van der Waals surface area (Å²) in [6.45, 7) is 0.939. The van der Waals surface area contributed by atoms with Gasteiger partial charge in [0.15, 0.2) is 5.82 Å². The zero-order chi connectivity index (χ0) is 12.1. The molecular weight excluding hydrogens is 232 g/mol. The molecule has 0 radical (unpaired) electrons. The lowest BCUT2D eigenvalue weighted by molar-refractivity contribution is 0.373. The monoisotopic (exact) mass is 250 g/mol. The normalized spacial score (nSPS) is 16.7. The fraction of sp³-hybridized carbons (Fsp3) is 0.583. The molecule has 0 saturated heterocycles. The van der Waals surface area contributed by atoms with E-state index < -0.39 is 0 Å². The summed E-state index contributed by atoms with van der Waals surface area (Å²) in [6.07, 6.45) is 8.27. The van der Waals surface area contributed by atoms with Crippen LogP contribution < -0.4 is 11.1 Å². The fourth-order valence-electron chi connectivity index (χ4n) is 2.29. The van der Waals surface area contributed by atoms with Crippen molar-refractivity contribution in [3.05, 3.63) is 17.8 Å². The van der Waals surface area contributed by atoms with E-state index in [1.807, 2.05) is 0 Å². The molecule has 0 aromatic carbocycles. The molecule has 0 unspecified atom stereocenters. The fourth-order valence-corrected chi connectivity index (χ4v) is 2.46. The third-order valence-electron chi connectivity index (χ3n) is 3.27. The molecule has 4 nitrogen and oxygen atoms in total. The van der Waals surface area contributed by atoms with Gasteiger partial charge in [0.1, 0.15) is 4.99 Å². The molecule has 0 amide bonds. The van der Waals surface area contributed by atoms with Crippen LogP contribution >= 0.6 is 12.2 Å². The Balaban J connectivity index is 1.96. The van der Waals surface area contributed by atoms with Crippen molar-refractivity contribution in [2.24, 2.45) is 11.7 Å². The second-order valence-corrected chi connectivity index (χ2v) is 4.98. The Hall–Kier alpha value is -1.23. The van der Waals surface area contributed by atoms with E-state index in [2.05, 4.69) is 15.5 Å². The highest BCUT2D eigenvalue weighted by molar-refractivity contribution is 7.80. The van der Waals surface area contributed by atoms with Crippen LogP contribution in [0, 0.1) is 5.92 Å². The average Bonchev–Trinajstić information content (AvgIpc) is 2.38. The topological polar surface area (TPSA) is 63.8 Å². The number of nitrogens with zero attached hydrogens (tertiary/aromatic N) is 2. The molecular formula is C12H18N4S. The number of nitrogens with two attached hydrogens (primary N) is 1. The van der Waals surface area contributed by atoms with E-state index in [1.54, 1.807) is 12.3 Å². The molecule has 1 saturated carbocycles. The molecule has 1 fully saturated rings. The maximum atomic E-state index is 5.65. The van der Waals surface area contributed by atoms with Crippen LogP contribution in [0.4, 0.5) is 5.82 Å². The summed E-state index contributed by atoms with van der Waals surface area (Å²) < 4.78 is 0. The lowest BCUT2D eigenvalue weighted by Crippen LogP contribution is -2.20. The van der Waals surface area contributed by atoms with Crippen molar-refractivity contribution in [3.63, 3.8) is 0 Å². The standard InChI is InChI=1S/C12H18N4S/c13-11(17)10-6-7-15-16-12(10)14-8-9-4-2-1-3-5-9/h6-7,9H,1-5,8H2,(H2,13,17)(H,14,16). The van der Waals surface area contributed by atoms with Gasteiger partial charge in [-0.3, -0.25) is 0 Å². The van der Waals surface area contributed by atoms with Gasteiger partial charge < -0.3 is 11.1 Å². The summed E-state index contributed by atoms with van der Waals surface area (Å²) in [7, 11) is 0. The molecule has 17 heavy (non-hydrogen) atoms. The van der Waals surface area contributed by atoms with Gasteiger partial charge in [-0.05, 0) is 24.8 Å². The summed E-state index contributed by atoms with van der Waals surface area (Å²) in [5, 5.41) is 11.2. The number of hydrogen-bond donors (Lipinski definition) is 2. The number of thiocarbonyl (C=S) groups is 1. The van der Waals surface area contributed by atoms with Gasteiger partial charge in [0.05, 0.1) is 11.8 Å². The predicted octanol–water partition coefficient (Wildman–Crippen LogP) is 2.10. The van der Waals surface area contributed by atoms with Crippen molar-refractivity contribution in [1.29, 1.82) is 0 Å². The first-order valence-electron chi connectivity index (χ1n) is 6.12. The summed E-state index contributed by atoms with van der Waals surface area (Å²) in [4.78, 5) is 0.367. The Morgan fingerprint density at radius 2 is 2.18 bits per heavy atom. The first-order valence-corrected chi connectivity index (χ1v) is 6.53. The van der Waals surface area contributed by atoms with Crippen molar-refractivity contribution < 1.29 is 0 Å². The Kier molecular flexibility index (Phi) is 4.25. The highest BCUT2D eigenvalue weighted by Gasteiger charge is 2.14. The van der Waals surface area contributed by atoms with Crippen molar-refractivity contribution >= 4 is 23.0 Å². The molecule has 1 aliphatic rings. The molecule has 1 aromatic rings. The predicted molar refractivity (Wildman–Crippen MR) is 73.0 cm³/mol. The molecule has 1 heterocycles. The third kappa shape index (κ3) is 3.36. The van der Waals surface area contributed by atoms with Crippen LogP contribution in [0.25, 0.3) is 0 Å². The van der Waals surface area contributed by atoms with Crippen LogP contribution in [0.3, 0.4) is 0 Å². The molecule has 1 aromatic heterocycles. The zero-order valence-corrected chi connectivity index (χ0v) is 10.7. The van der Waals surface area contributed by atoms with Crippen LogP contribution in [-0.2, 0) is 0 Å². The number of aromatic nitrogens is 2. The maximum absolute atomic E-state index is 5.65. The van der Waals surface area contributed by atoms with Crippen molar-refractivity contribution in [3.8, 4) is 0 Å². The van der Waals surface area contributed by atoms with E-state index in [9.17, 15) is 0 Å². The minimum Gasteiger partial charge on any atom is -0.389 e. The maximum Gasteiger partial charge on any atom is 0.158 e. The van der Waals surface area contributed by atoms with Gasteiger partial charge in [-0.15, -0.1) is 5.10 Å². The van der Waals surface area contributed by atoms with Gasteiger partial charge in [-0.2, -0.15) is 5.10 Å². The van der Waals surface area contributed by atoms with Gasteiger partial charge >= 0.3 is 0 Å². The van der Waals surface area contributed by atoms with Gasteiger partial charge in [0, 0.05) is 6.54 Å². The quantitative estimate of drug-likeness (QED) is 0.801. The SMILES string of the molecule is NC(=S)c1ccnnc1NCC1CCCCC1. The Morgan fingerprint density at radius 1 is 1.41 bits per heavy atom. The smallest absolute Gasteiger partial charge is 0.158 e. The van der Waals surface area contributed by atoms with Crippen LogP contribution in [-0.4, -0.2) is 21.7 Å². The van der Waals surface area contributed by atoms with E-state index in [-0.39, 0.29) is 0 Å². The lowest BCUT2D eigenvalue weighted by atomic mass is 9.89. The first-order chi connectivity index (χ1) is 8.27. The molecule has 0 aliphatic heterocycles. The van der Waals surface area contributed by atoms with E-state index >= 15 is 0 Å². The molecule has 5 heteroatoms. The summed E-state index contributed by atoms with van der Waals surface area (Å²) >= 11 is 4.99. The minimum absolute atomic E-state index is 0.367. The number of anilines is 1. The Labute approximate surface area is 107 Å². The summed E-state index contributed by atoms with van der Waals surface area (Å²) in [6, 6.07) is 1.80. The van der Waals surface area contributed by atoms with Gasteiger partial charge in [-0.1, -0.05) is 31.5 Å². The summed E-state index contributed by atoms with van der Waals surface area (Å²) in [5.41, 5.74) is 6.43. The molecule has 1 aliphatic carbocycles. The number of nitrogens with one attached hydrogen (secondary N) is 1. The number of hydrogen-bond acceptors (Lipinski definition) is 4. The minimum atomic E-state index is 0.367. The van der Waals surface area contributed by atoms with Crippen molar-refractivity contribution in [2.45, 2.75) is 32.1 Å². The molecule has 0 atom stereocenters. The summed E-state index contributed by atoms with van der Waals surface area (Å²) in [5.74, 6) is 1.45. The molecule has 92 valence electrons. The van der Waals surface area contributed by atoms with Crippen molar-refractivity contribution in [1.82, 2.24) is 10.2 Å². The van der Waals surface area contributed by atoms with Gasteiger partial charge in [-0.25, -0.2) is 0 Å². The van der Waals surface area contributed by atoms with Crippen LogP contribution in [0.5, 0.6) is 0 Å². The van der Waals surface area contributed by atoms with Crippen LogP contribution in [0.15, 0.2) is 12.3 Å². The Morgan fingerprint density at radius 3 is 2.88 bits per heavy atom. The average molecular weight is 250 g/mol.